The second-order valence-corrected chi connectivity index (χ2v) is 10.1. The fraction of sp³-hybridized carbons (Fsp3) is 0.138. The van der Waals surface area contributed by atoms with E-state index in [0.29, 0.717) is 28.8 Å². The van der Waals surface area contributed by atoms with Gasteiger partial charge in [-0.3, -0.25) is 4.79 Å². The van der Waals surface area contributed by atoms with Crippen LogP contribution in [0.1, 0.15) is 27.0 Å². The van der Waals surface area contributed by atoms with Gasteiger partial charge in [0.1, 0.15) is 11.0 Å². The monoisotopic (exact) mass is 520 g/mol. The van der Waals surface area contributed by atoms with Crippen LogP contribution in [-0.2, 0) is 30.0 Å². The zero-order valence-corrected chi connectivity index (χ0v) is 20.4. The van der Waals surface area contributed by atoms with E-state index < -0.39 is 22.7 Å². The van der Waals surface area contributed by atoms with Gasteiger partial charge in [-0.2, -0.15) is 13.2 Å². The molecule has 0 saturated carbocycles. The third-order valence-electron chi connectivity index (χ3n) is 6.32. The van der Waals surface area contributed by atoms with Gasteiger partial charge in [0.2, 0.25) is 0 Å². The summed E-state index contributed by atoms with van der Waals surface area (Å²) in [6.45, 7) is 0. The van der Waals surface area contributed by atoms with Gasteiger partial charge in [-0.1, -0.05) is 54.6 Å². The van der Waals surface area contributed by atoms with Crippen molar-refractivity contribution >= 4 is 22.6 Å². The minimum Gasteiger partial charge on any atom is -0.322 e. The number of hydrogen-bond acceptors (Lipinski definition) is 2. The van der Waals surface area contributed by atoms with Gasteiger partial charge in [0.05, 0.1) is 10.5 Å². The average molecular weight is 521 g/mol. The van der Waals surface area contributed by atoms with Crippen molar-refractivity contribution in [3.8, 4) is 11.1 Å². The second-order valence-electron chi connectivity index (χ2n) is 8.86. The number of hydrogen-bond donors (Lipinski definition) is 2. The summed E-state index contributed by atoms with van der Waals surface area (Å²) in [5.74, 6) is -0.353. The number of benzene rings is 4. The summed E-state index contributed by atoms with van der Waals surface area (Å²) in [4.78, 5) is 13.9. The summed E-state index contributed by atoms with van der Waals surface area (Å²) in [6, 6.07) is 26.5. The highest BCUT2D eigenvalue weighted by Gasteiger charge is 2.30. The van der Waals surface area contributed by atoms with Gasteiger partial charge in [-0.05, 0) is 77.6 Å². The number of amides is 1. The molecule has 0 bridgehead atoms. The van der Waals surface area contributed by atoms with Gasteiger partial charge >= 0.3 is 6.18 Å². The molecule has 0 aromatic heterocycles. The number of anilines is 1. The Morgan fingerprint density at radius 2 is 1.49 bits per heavy atom. The lowest BCUT2D eigenvalue weighted by atomic mass is 9.98. The molecule has 1 unspecified atom stereocenters. The van der Waals surface area contributed by atoms with E-state index >= 15 is 0 Å². The zero-order valence-electron chi connectivity index (χ0n) is 19.6. The number of rotatable bonds is 6. The highest BCUT2D eigenvalue weighted by atomic mass is 32.2. The van der Waals surface area contributed by atoms with Gasteiger partial charge < -0.3 is 5.32 Å². The van der Waals surface area contributed by atoms with Crippen LogP contribution in [0.15, 0.2) is 102 Å². The fourth-order valence-corrected chi connectivity index (χ4v) is 5.52. The van der Waals surface area contributed by atoms with E-state index in [9.17, 15) is 22.2 Å². The van der Waals surface area contributed by atoms with Crippen molar-refractivity contribution in [2.75, 3.05) is 5.32 Å². The number of fused-ring (bicyclic) bond motifs is 1. The lowest BCUT2D eigenvalue weighted by Gasteiger charge is -2.12. The fourth-order valence-electron chi connectivity index (χ4n) is 4.51. The maximum absolute atomic E-state index is 13.2. The number of alkyl halides is 3. The lowest BCUT2D eigenvalue weighted by molar-refractivity contribution is -0.137. The van der Waals surface area contributed by atoms with E-state index in [4.69, 9.17) is 0 Å². The molecule has 2 atom stereocenters. The molecule has 4 nitrogen and oxygen atoms in total. The van der Waals surface area contributed by atoms with Gasteiger partial charge in [-0.25, -0.2) is 8.93 Å². The highest BCUT2D eigenvalue weighted by Crippen LogP contribution is 2.32. The second kappa shape index (κ2) is 10.3. The van der Waals surface area contributed by atoms with Crippen LogP contribution in [0.25, 0.3) is 11.1 Å². The van der Waals surface area contributed by atoms with E-state index in [1.54, 1.807) is 24.3 Å². The Morgan fingerprint density at radius 3 is 2.22 bits per heavy atom. The summed E-state index contributed by atoms with van der Waals surface area (Å²) in [5, 5.41) is 2.92. The van der Waals surface area contributed by atoms with Crippen molar-refractivity contribution in [1.82, 2.24) is 4.72 Å². The van der Waals surface area contributed by atoms with Crippen LogP contribution in [0.3, 0.4) is 0 Å². The molecular formula is C29H23F3N2O2S. The lowest BCUT2D eigenvalue weighted by Crippen LogP contribution is -2.31. The first kappa shape index (κ1) is 24.9. The maximum Gasteiger partial charge on any atom is 0.416 e. The minimum absolute atomic E-state index is 0.0161. The minimum atomic E-state index is -4.42. The van der Waals surface area contributed by atoms with E-state index in [1.165, 1.54) is 12.1 Å². The van der Waals surface area contributed by atoms with Crippen LogP contribution in [0.5, 0.6) is 0 Å². The van der Waals surface area contributed by atoms with Crippen LogP contribution in [-0.4, -0.2) is 16.2 Å². The topological polar surface area (TPSA) is 58.2 Å². The summed E-state index contributed by atoms with van der Waals surface area (Å²) in [7, 11) is -1.31. The normalized spacial score (nSPS) is 15.7. The zero-order chi connectivity index (χ0) is 26.0. The molecule has 1 amide bonds. The molecular weight excluding hydrogens is 497 g/mol. The molecule has 0 spiro atoms. The first-order valence-corrected chi connectivity index (χ1v) is 12.9. The van der Waals surface area contributed by atoms with Crippen LogP contribution >= 0.6 is 0 Å². The Hall–Kier alpha value is -3.75. The number of nitrogens with one attached hydrogen (secondary N) is 2. The van der Waals surface area contributed by atoms with Crippen molar-refractivity contribution in [3.05, 3.63) is 119 Å². The third-order valence-corrected chi connectivity index (χ3v) is 7.57. The summed E-state index contributed by atoms with van der Waals surface area (Å²) in [5.41, 5.74) is 3.51. The van der Waals surface area contributed by atoms with Crippen molar-refractivity contribution in [3.63, 3.8) is 0 Å². The predicted molar refractivity (Wildman–Crippen MR) is 138 cm³/mol. The molecule has 0 fully saturated rings. The number of carbonyl (C=O) groups excluding carboxylic acids is 1. The quantitative estimate of drug-likeness (QED) is 0.309. The Balaban J connectivity index is 1.29. The summed E-state index contributed by atoms with van der Waals surface area (Å²) < 4.78 is 54.6. The van der Waals surface area contributed by atoms with E-state index in [0.717, 1.165) is 34.6 Å². The van der Waals surface area contributed by atoms with Crippen molar-refractivity contribution < 1.29 is 22.2 Å². The van der Waals surface area contributed by atoms with Crippen molar-refractivity contribution in [1.29, 1.82) is 0 Å². The SMILES string of the molecule is O=C(Nc1ccc2c(c1)C[C@@H](NS(=O)c1ccccc1)C2)c1ccccc1-c1ccc(C(F)(F)F)cc1. The first-order chi connectivity index (χ1) is 17.8. The Labute approximate surface area is 215 Å². The Kier molecular flexibility index (Phi) is 6.95. The summed E-state index contributed by atoms with van der Waals surface area (Å²) in [6.07, 6.45) is -3.01. The molecule has 5 rings (SSSR count). The molecule has 1 aliphatic rings. The highest BCUT2D eigenvalue weighted by molar-refractivity contribution is 7.83. The van der Waals surface area contributed by atoms with E-state index in [1.807, 2.05) is 48.5 Å². The van der Waals surface area contributed by atoms with Crippen LogP contribution < -0.4 is 10.0 Å². The van der Waals surface area contributed by atoms with E-state index in [2.05, 4.69) is 10.0 Å². The first-order valence-electron chi connectivity index (χ1n) is 11.7. The maximum atomic E-state index is 13.2. The van der Waals surface area contributed by atoms with Crippen LogP contribution in [0, 0.1) is 0 Å². The predicted octanol–water partition coefficient (Wildman–Crippen LogP) is 6.40. The largest absolute Gasteiger partial charge is 0.416 e. The smallest absolute Gasteiger partial charge is 0.322 e. The standard InChI is InChI=1S/C29H23F3N2O2S/c30-29(31,32)22-13-10-19(11-14-22)26-8-4-5-9-27(26)28(35)33-23-15-12-20-16-24(18-21(20)17-23)34-37(36)25-6-2-1-3-7-25/h1-15,17,24,34H,16,18H2,(H,33,35)/t24-,37?/m0/s1. The van der Waals surface area contributed by atoms with E-state index in [-0.39, 0.29) is 11.9 Å². The molecule has 0 aliphatic heterocycles. The van der Waals surface area contributed by atoms with Gasteiger partial charge in [-0.15, -0.1) is 0 Å². The van der Waals surface area contributed by atoms with Crippen molar-refractivity contribution in [2.24, 2.45) is 0 Å². The number of carbonyl (C=O) groups is 1. The number of halogens is 3. The molecule has 37 heavy (non-hydrogen) atoms. The molecule has 188 valence electrons. The molecule has 8 heteroatoms. The summed E-state index contributed by atoms with van der Waals surface area (Å²) >= 11 is 0. The Bertz CT molecular complexity index is 1450. The van der Waals surface area contributed by atoms with Gasteiger partial charge in [0.15, 0.2) is 0 Å². The van der Waals surface area contributed by atoms with Gasteiger partial charge in [0, 0.05) is 17.3 Å². The van der Waals surface area contributed by atoms with Crippen LogP contribution in [0.2, 0.25) is 0 Å². The van der Waals surface area contributed by atoms with Crippen molar-refractivity contribution in [2.45, 2.75) is 30.0 Å². The molecule has 2 N–H and O–H groups in total. The average Bonchev–Trinajstić information content (AvgIpc) is 3.30. The van der Waals surface area contributed by atoms with Gasteiger partial charge in [0.25, 0.3) is 5.91 Å². The molecule has 1 aliphatic carbocycles. The molecule has 0 heterocycles. The molecule has 0 saturated heterocycles. The van der Waals surface area contributed by atoms with Crippen LogP contribution in [0.4, 0.5) is 18.9 Å². The molecule has 4 aromatic rings. The third kappa shape index (κ3) is 5.65. The Morgan fingerprint density at radius 1 is 0.811 bits per heavy atom. The molecule has 0 radical (unpaired) electrons. The molecule has 4 aromatic carbocycles.